The van der Waals surface area contributed by atoms with Crippen LogP contribution in [0.3, 0.4) is 0 Å². The Balaban J connectivity index is 0.00000312. The van der Waals surface area contributed by atoms with Crippen molar-refractivity contribution in [1.29, 1.82) is 0 Å². The van der Waals surface area contributed by atoms with Crippen LogP contribution in [0.25, 0.3) is 0 Å². The van der Waals surface area contributed by atoms with E-state index in [1.165, 1.54) is 16.8 Å². The van der Waals surface area contributed by atoms with E-state index >= 15 is 0 Å². The fourth-order valence-electron chi connectivity index (χ4n) is 2.89. The predicted molar refractivity (Wildman–Crippen MR) is 117 cm³/mol. The molecule has 5 nitrogen and oxygen atoms in total. The highest BCUT2D eigenvalue weighted by Crippen LogP contribution is 2.22. The summed E-state index contributed by atoms with van der Waals surface area (Å²) >= 11 is 0. The molecule has 2 aromatic rings. The van der Waals surface area contributed by atoms with Crippen LogP contribution in [0.4, 0.5) is 5.69 Å². The molecule has 1 heterocycles. The standard InChI is InChI=1S/C19H29N5.HI/c1-5-16-9-7-10-17(6-2)18(16)22-19(20)21-11-8-12-24-15(4)13-14(3)23-24;/h7,9-10,13H,5-6,8,11-12H2,1-4H3,(H3,20,21,22);1H. The average Bonchev–Trinajstić information content (AvgIpc) is 2.89. The van der Waals surface area contributed by atoms with Gasteiger partial charge in [0.15, 0.2) is 5.96 Å². The molecule has 3 N–H and O–H groups in total. The van der Waals surface area contributed by atoms with Gasteiger partial charge in [0.2, 0.25) is 0 Å². The molecular formula is C19H30IN5. The van der Waals surface area contributed by atoms with E-state index in [9.17, 15) is 0 Å². The first-order chi connectivity index (χ1) is 11.5. The van der Waals surface area contributed by atoms with Gasteiger partial charge in [-0.1, -0.05) is 32.0 Å². The van der Waals surface area contributed by atoms with Crippen LogP contribution in [-0.2, 0) is 19.4 Å². The van der Waals surface area contributed by atoms with Gasteiger partial charge >= 0.3 is 0 Å². The smallest absolute Gasteiger partial charge is 0.193 e. The minimum Gasteiger partial charge on any atom is -0.370 e. The van der Waals surface area contributed by atoms with Crippen LogP contribution in [-0.4, -0.2) is 22.3 Å². The number of rotatable bonds is 7. The Hall–Kier alpha value is -1.57. The minimum absolute atomic E-state index is 0. The molecule has 0 unspecified atom stereocenters. The zero-order valence-electron chi connectivity index (χ0n) is 15.7. The maximum Gasteiger partial charge on any atom is 0.193 e. The van der Waals surface area contributed by atoms with Crippen molar-refractivity contribution in [2.45, 2.75) is 53.5 Å². The Labute approximate surface area is 168 Å². The average molecular weight is 455 g/mol. The second kappa shape index (κ2) is 10.4. The molecule has 0 radical (unpaired) electrons. The number of hydrogen-bond acceptors (Lipinski definition) is 2. The maximum absolute atomic E-state index is 6.08. The SMILES string of the molecule is CCc1cccc(CC)c1NC(N)=NCCCn1nc(C)cc1C.I. The zero-order chi connectivity index (χ0) is 17.5. The third-order valence-corrected chi connectivity index (χ3v) is 4.17. The summed E-state index contributed by atoms with van der Waals surface area (Å²) in [6.45, 7) is 9.95. The molecule has 1 aromatic heterocycles. The number of para-hydroxylation sites is 1. The molecule has 25 heavy (non-hydrogen) atoms. The molecule has 0 amide bonds. The van der Waals surface area contributed by atoms with E-state index in [0.29, 0.717) is 12.5 Å². The second-order valence-electron chi connectivity index (χ2n) is 6.05. The molecule has 6 heteroatoms. The van der Waals surface area contributed by atoms with E-state index < -0.39 is 0 Å². The van der Waals surface area contributed by atoms with Crippen LogP contribution in [0.2, 0.25) is 0 Å². The van der Waals surface area contributed by atoms with E-state index in [0.717, 1.165) is 37.2 Å². The lowest BCUT2D eigenvalue weighted by atomic mass is 10.0. The number of nitrogens with zero attached hydrogens (tertiary/aromatic N) is 3. The molecule has 1 aromatic carbocycles. The van der Waals surface area contributed by atoms with E-state index in [4.69, 9.17) is 5.73 Å². The van der Waals surface area contributed by atoms with Crippen LogP contribution in [0.15, 0.2) is 29.3 Å². The van der Waals surface area contributed by atoms with E-state index in [1.807, 2.05) is 11.6 Å². The number of aliphatic imine (C=N–C) groups is 1. The number of nitrogens with one attached hydrogen (secondary N) is 1. The summed E-state index contributed by atoms with van der Waals surface area (Å²) in [4.78, 5) is 4.46. The van der Waals surface area contributed by atoms with E-state index in [1.54, 1.807) is 0 Å². The molecule has 0 fully saturated rings. The van der Waals surface area contributed by atoms with Gasteiger partial charge in [-0.05, 0) is 50.3 Å². The van der Waals surface area contributed by atoms with Gasteiger partial charge in [0, 0.05) is 24.5 Å². The number of benzene rings is 1. The zero-order valence-corrected chi connectivity index (χ0v) is 18.0. The molecule has 0 aliphatic carbocycles. The lowest BCUT2D eigenvalue weighted by Gasteiger charge is -2.14. The normalized spacial score (nSPS) is 11.3. The number of nitrogens with two attached hydrogens (primary N) is 1. The largest absolute Gasteiger partial charge is 0.370 e. The number of aromatic nitrogens is 2. The number of guanidine groups is 1. The highest BCUT2D eigenvalue weighted by atomic mass is 127. The fraction of sp³-hybridized carbons (Fsp3) is 0.474. The van der Waals surface area contributed by atoms with Crippen LogP contribution in [0.5, 0.6) is 0 Å². The number of anilines is 1. The molecule has 0 atom stereocenters. The first-order valence-corrected chi connectivity index (χ1v) is 8.73. The van der Waals surface area contributed by atoms with Crippen molar-refractivity contribution in [2.75, 3.05) is 11.9 Å². The van der Waals surface area contributed by atoms with Crippen molar-refractivity contribution in [1.82, 2.24) is 9.78 Å². The van der Waals surface area contributed by atoms with Gasteiger partial charge in [-0.3, -0.25) is 9.67 Å². The quantitative estimate of drug-likeness (QED) is 0.286. The van der Waals surface area contributed by atoms with E-state index in [-0.39, 0.29) is 24.0 Å². The first kappa shape index (κ1) is 21.5. The molecule has 0 saturated heterocycles. The molecule has 0 aliphatic heterocycles. The van der Waals surface area contributed by atoms with Crippen molar-refractivity contribution in [3.8, 4) is 0 Å². The van der Waals surface area contributed by atoms with Crippen LogP contribution in [0, 0.1) is 13.8 Å². The summed E-state index contributed by atoms with van der Waals surface area (Å²) in [7, 11) is 0. The summed E-state index contributed by atoms with van der Waals surface area (Å²) < 4.78 is 2.02. The molecule has 0 spiro atoms. The van der Waals surface area contributed by atoms with Gasteiger partial charge in [0.05, 0.1) is 5.69 Å². The number of hydrogen-bond donors (Lipinski definition) is 2. The van der Waals surface area contributed by atoms with Crippen molar-refractivity contribution < 1.29 is 0 Å². The Morgan fingerprint density at radius 3 is 2.36 bits per heavy atom. The summed E-state index contributed by atoms with van der Waals surface area (Å²) in [5.74, 6) is 0.485. The molecule has 138 valence electrons. The van der Waals surface area contributed by atoms with Gasteiger partial charge < -0.3 is 11.1 Å². The topological polar surface area (TPSA) is 68.2 Å². The van der Waals surface area contributed by atoms with Gasteiger partial charge in [-0.2, -0.15) is 5.10 Å². The molecule has 0 aliphatic rings. The van der Waals surface area contributed by atoms with Gasteiger partial charge in [-0.15, -0.1) is 24.0 Å². The van der Waals surface area contributed by atoms with Crippen LogP contribution in [0.1, 0.15) is 42.8 Å². The molecule has 2 rings (SSSR count). The lowest BCUT2D eigenvalue weighted by molar-refractivity contribution is 0.568. The Morgan fingerprint density at radius 1 is 1.20 bits per heavy atom. The lowest BCUT2D eigenvalue weighted by Crippen LogP contribution is -2.24. The first-order valence-electron chi connectivity index (χ1n) is 8.73. The van der Waals surface area contributed by atoms with Crippen molar-refractivity contribution in [3.63, 3.8) is 0 Å². The van der Waals surface area contributed by atoms with Gasteiger partial charge in [0.1, 0.15) is 0 Å². The molecule has 0 bridgehead atoms. The Morgan fingerprint density at radius 2 is 1.84 bits per heavy atom. The molecule has 0 saturated carbocycles. The predicted octanol–water partition coefficient (Wildman–Crippen LogP) is 4.06. The third kappa shape index (κ3) is 6.02. The Kier molecular flexibility index (Phi) is 8.96. The maximum atomic E-state index is 6.08. The van der Waals surface area contributed by atoms with Crippen molar-refractivity contribution in [3.05, 3.63) is 46.8 Å². The number of aryl methyl sites for hydroxylation is 5. The highest BCUT2D eigenvalue weighted by molar-refractivity contribution is 14.0. The minimum atomic E-state index is 0. The Bertz CT molecular complexity index is 684. The van der Waals surface area contributed by atoms with Crippen LogP contribution < -0.4 is 11.1 Å². The summed E-state index contributed by atoms with van der Waals surface area (Å²) in [6.07, 6.45) is 2.86. The highest BCUT2D eigenvalue weighted by Gasteiger charge is 2.07. The number of halogens is 1. The summed E-state index contributed by atoms with van der Waals surface area (Å²) in [5, 5.41) is 7.76. The monoisotopic (exact) mass is 455 g/mol. The third-order valence-electron chi connectivity index (χ3n) is 4.17. The summed E-state index contributed by atoms with van der Waals surface area (Å²) in [6, 6.07) is 8.47. The van der Waals surface area contributed by atoms with Gasteiger partial charge in [-0.25, -0.2) is 0 Å². The van der Waals surface area contributed by atoms with Crippen LogP contribution >= 0.6 is 24.0 Å². The molecular weight excluding hydrogens is 425 g/mol. The van der Waals surface area contributed by atoms with Gasteiger partial charge in [0.25, 0.3) is 0 Å². The van der Waals surface area contributed by atoms with E-state index in [2.05, 4.69) is 60.4 Å². The summed E-state index contributed by atoms with van der Waals surface area (Å²) in [5.41, 5.74) is 12.0. The fourth-order valence-corrected chi connectivity index (χ4v) is 2.89. The second-order valence-corrected chi connectivity index (χ2v) is 6.05. The van der Waals surface area contributed by atoms with Crippen molar-refractivity contribution >= 4 is 35.6 Å². The van der Waals surface area contributed by atoms with Crippen molar-refractivity contribution in [2.24, 2.45) is 10.7 Å².